The van der Waals surface area contributed by atoms with Crippen LogP contribution < -0.4 is 5.73 Å². The number of benzene rings is 1. The van der Waals surface area contributed by atoms with Crippen molar-refractivity contribution in [2.24, 2.45) is 11.0 Å². The molecule has 0 saturated heterocycles. The maximum atomic E-state index is 9.62. The van der Waals surface area contributed by atoms with Gasteiger partial charge < -0.3 is 10.8 Å². The number of nitrogens with zero attached hydrogens (tertiary/aromatic N) is 4. The third-order valence-electron chi connectivity index (χ3n) is 2.38. The SMILES string of the molecule is [N-]=[N+]=NN(CCCCN)Cc1ccccc1O. The molecule has 0 fully saturated rings. The van der Waals surface area contributed by atoms with Gasteiger partial charge in [0.25, 0.3) is 0 Å². The van der Waals surface area contributed by atoms with Crippen LogP contribution in [-0.4, -0.2) is 23.2 Å². The van der Waals surface area contributed by atoms with E-state index in [0.29, 0.717) is 19.6 Å². The van der Waals surface area contributed by atoms with E-state index in [2.05, 4.69) is 10.1 Å². The summed E-state index contributed by atoms with van der Waals surface area (Å²) < 4.78 is 0. The lowest BCUT2D eigenvalue weighted by molar-refractivity contribution is 0.265. The van der Waals surface area contributed by atoms with Crippen LogP contribution in [0.1, 0.15) is 18.4 Å². The van der Waals surface area contributed by atoms with Gasteiger partial charge in [-0.1, -0.05) is 18.2 Å². The molecule has 0 aliphatic carbocycles. The molecule has 6 nitrogen and oxygen atoms in total. The van der Waals surface area contributed by atoms with Gasteiger partial charge >= 0.3 is 0 Å². The summed E-state index contributed by atoms with van der Waals surface area (Å²) in [5, 5.41) is 14.8. The van der Waals surface area contributed by atoms with E-state index in [1.54, 1.807) is 23.2 Å². The first-order valence-electron chi connectivity index (χ1n) is 5.55. The molecule has 17 heavy (non-hydrogen) atoms. The van der Waals surface area contributed by atoms with Crippen LogP contribution in [-0.2, 0) is 6.54 Å². The third-order valence-corrected chi connectivity index (χ3v) is 2.38. The molecule has 0 heterocycles. The molecule has 6 heteroatoms. The van der Waals surface area contributed by atoms with Gasteiger partial charge in [-0.15, -0.1) is 5.53 Å². The second-order valence-corrected chi connectivity index (χ2v) is 3.69. The fourth-order valence-electron chi connectivity index (χ4n) is 1.49. The minimum absolute atomic E-state index is 0.212. The van der Waals surface area contributed by atoms with Crippen LogP contribution in [0.2, 0.25) is 0 Å². The van der Waals surface area contributed by atoms with Crippen LogP contribution in [0.15, 0.2) is 29.5 Å². The van der Waals surface area contributed by atoms with Gasteiger partial charge in [0.2, 0.25) is 0 Å². The molecular weight excluding hydrogens is 218 g/mol. The van der Waals surface area contributed by atoms with Crippen LogP contribution in [0.3, 0.4) is 0 Å². The zero-order valence-electron chi connectivity index (χ0n) is 9.66. The monoisotopic (exact) mass is 235 g/mol. The van der Waals surface area contributed by atoms with Gasteiger partial charge in [-0.05, 0) is 30.7 Å². The lowest BCUT2D eigenvalue weighted by Crippen LogP contribution is -2.18. The third kappa shape index (κ3) is 4.63. The number of rotatable bonds is 7. The molecule has 0 aromatic heterocycles. The predicted octanol–water partition coefficient (Wildman–Crippen LogP) is 2.16. The van der Waals surface area contributed by atoms with Gasteiger partial charge in [0, 0.05) is 5.56 Å². The predicted molar refractivity (Wildman–Crippen MR) is 66.0 cm³/mol. The number of nitrogens with two attached hydrogens (primary N) is 1. The summed E-state index contributed by atoms with van der Waals surface area (Å²) in [4.78, 5) is 2.78. The molecule has 92 valence electrons. The van der Waals surface area contributed by atoms with Crippen molar-refractivity contribution in [3.8, 4) is 5.75 Å². The van der Waals surface area contributed by atoms with Gasteiger partial charge in [0.05, 0.1) is 6.54 Å². The average molecular weight is 235 g/mol. The van der Waals surface area contributed by atoms with Crippen molar-refractivity contribution in [1.82, 2.24) is 5.01 Å². The van der Waals surface area contributed by atoms with Crippen LogP contribution in [0.4, 0.5) is 0 Å². The number of para-hydroxylation sites is 1. The number of hydrogen-bond donors (Lipinski definition) is 2. The maximum absolute atomic E-state index is 9.62. The second-order valence-electron chi connectivity index (χ2n) is 3.69. The number of phenols is 1. The van der Waals surface area contributed by atoms with Crippen molar-refractivity contribution in [2.75, 3.05) is 13.1 Å². The van der Waals surface area contributed by atoms with E-state index in [4.69, 9.17) is 11.3 Å². The summed E-state index contributed by atoms with van der Waals surface area (Å²) >= 11 is 0. The molecule has 0 aliphatic rings. The van der Waals surface area contributed by atoms with Gasteiger partial charge in [0.15, 0.2) is 0 Å². The Morgan fingerprint density at radius 2 is 2.12 bits per heavy atom. The van der Waals surface area contributed by atoms with Crippen molar-refractivity contribution >= 4 is 0 Å². The van der Waals surface area contributed by atoms with Gasteiger partial charge in [-0.3, -0.25) is 0 Å². The minimum atomic E-state index is 0.212. The van der Waals surface area contributed by atoms with Gasteiger partial charge in [-0.2, -0.15) is 4.91 Å². The largest absolute Gasteiger partial charge is 0.508 e. The summed E-state index contributed by atoms with van der Waals surface area (Å²) in [6, 6.07) is 7.01. The summed E-state index contributed by atoms with van der Waals surface area (Å²) in [7, 11) is 0. The molecule has 0 saturated carbocycles. The zero-order valence-corrected chi connectivity index (χ0v) is 9.66. The number of phenolic OH excluding ortho intramolecular Hbond substituents is 1. The Morgan fingerprint density at radius 3 is 2.76 bits per heavy atom. The van der Waals surface area contributed by atoms with Crippen molar-refractivity contribution in [2.45, 2.75) is 19.4 Å². The summed E-state index contributed by atoms with van der Waals surface area (Å²) in [5.74, 6) is 0.212. The highest BCUT2D eigenvalue weighted by molar-refractivity contribution is 5.31. The highest BCUT2D eigenvalue weighted by atomic mass is 16.3. The standard InChI is InChI=1S/C11H17N5O/c12-7-3-4-8-16(15-14-13)9-10-5-1-2-6-11(10)17/h1-2,5-6,17H,3-4,7-9,12H2. The average Bonchev–Trinajstić information content (AvgIpc) is 2.32. The van der Waals surface area contributed by atoms with E-state index in [0.717, 1.165) is 18.4 Å². The first-order valence-corrected chi connectivity index (χ1v) is 5.55. The molecule has 1 rings (SSSR count). The Kier molecular flexibility index (Phi) is 5.71. The van der Waals surface area contributed by atoms with Crippen molar-refractivity contribution in [3.63, 3.8) is 0 Å². The fourth-order valence-corrected chi connectivity index (χ4v) is 1.49. The lowest BCUT2D eigenvalue weighted by atomic mass is 10.2. The fraction of sp³-hybridized carbons (Fsp3) is 0.455. The molecule has 0 bridgehead atoms. The normalized spacial score (nSPS) is 9.71. The molecule has 0 amide bonds. The van der Waals surface area contributed by atoms with Crippen LogP contribution in [0, 0.1) is 0 Å². The van der Waals surface area contributed by atoms with Crippen LogP contribution in [0.25, 0.3) is 10.4 Å². The summed E-state index contributed by atoms with van der Waals surface area (Å²) in [5.41, 5.74) is 14.6. The molecule has 0 atom stereocenters. The van der Waals surface area contributed by atoms with E-state index >= 15 is 0 Å². The number of hydrogen-bond acceptors (Lipinski definition) is 3. The van der Waals surface area contributed by atoms with E-state index in [9.17, 15) is 5.11 Å². The number of aromatic hydroxyl groups is 1. The Morgan fingerprint density at radius 1 is 1.35 bits per heavy atom. The van der Waals surface area contributed by atoms with E-state index in [1.807, 2.05) is 6.07 Å². The molecule has 0 unspecified atom stereocenters. The number of unbranched alkanes of at least 4 members (excludes halogenated alkanes) is 1. The quantitative estimate of drug-likeness (QED) is 0.249. The Hall–Kier alpha value is -1.91. The molecule has 0 spiro atoms. The lowest BCUT2D eigenvalue weighted by Gasteiger charge is -2.14. The van der Waals surface area contributed by atoms with E-state index in [-0.39, 0.29) is 5.75 Å². The van der Waals surface area contributed by atoms with Crippen molar-refractivity contribution in [1.29, 1.82) is 0 Å². The Balaban J connectivity index is 2.60. The van der Waals surface area contributed by atoms with E-state index < -0.39 is 0 Å². The Labute approximate surface area is 100 Å². The highest BCUT2D eigenvalue weighted by Gasteiger charge is 2.08. The maximum Gasteiger partial charge on any atom is 0.122 e. The van der Waals surface area contributed by atoms with Gasteiger partial charge in [0.1, 0.15) is 12.3 Å². The van der Waals surface area contributed by atoms with Crippen molar-refractivity contribution < 1.29 is 5.11 Å². The van der Waals surface area contributed by atoms with Crippen LogP contribution in [0.5, 0.6) is 5.75 Å². The summed E-state index contributed by atoms with van der Waals surface area (Å²) in [6.45, 7) is 1.66. The Bertz CT molecular complexity index is 389. The van der Waals surface area contributed by atoms with Crippen LogP contribution >= 0.6 is 0 Å². The first kappa shape index (κ1) is 13.2. The first-order chi connectivity index (χ1) is 8.27. The highest BCUT2D eigenvalue weighted by Crippen LogP contribution is 2.18. The second kappa shape index (κ2) is 7.38. The summed E-state index contributed by atoms with van der Waals surface area (Å²) in [6.07, 6.45) is 1.75. The minimum Gasteiger partial charge on any atom is -0.508 e. The molecule has 3 N–H and O–H groups in total. The smallest absolute Gasteiger partial charge is 0.122 e. The zero-order chi connectivity index (χ0) is 12.5. The molecule has 0 radical (unpaired) electrons. The van der Waals surface area contributed by atoms with Gasteiger partial charge in [-0.25, -0.2) is 5.01 Å². The molecule has 1 aromatic rings. The number of azide groups is 1. The molecule has 1 aromatic carbocycles. The molecule has 0 aliphatic heterocycles. The molecular formula is C11H17N5O. The topological polar surface area (TPSA) is 98.3 Å². The van der Waals surface area contributed by atoms with E-state index in [1.165, 1.54) is 0 Å². The van der Waals surface area contributed by atoms with Crippen molar-refractivity contribution in [3.05, 3.63) is 40.3 Å².